The lowest BCUT2D eigenvalue weighted by atomic mass is 9.80. The minimum Gasteiger partial charge on any atom is -0.487 e. The van der Waals surface area contributed by atoms with E-state index in [9.17, 15) is 8.78 Å². The van der Waals surface area contributed by atoms with E-state index in [1.807, 2.05) is 6.92 Å². The number of hydrogen-bond donors (Lipinski definition) is 0. The molecule has 1 heterocycles. The Hall–Kier alpha value is -1.38. The summed E-state index contributed by atoms with van der Waals surface area (Å²) in [5.41, 5.74) is 1.17. The highest BCUT2D eigenvalue weighted by molar-refractivity contribution is 5.55. The summed E-state index contributed by atoms with van der Waals surface area (Å²) in [7, 11) is 0. The van der Waals surface area contributed by atoms with Crippen molar-refractivity contribution in [1.29, 1.82) is 0 Å². The number of aryl methyl sites for hydroxylation is 1. The third-order valence-electron chi connectivity index (χ3n) is 5.88. The molecule has 1 nitrogen and oxygen atoms in total. The van der Waals surface area contributed by atoms with Crippen LogP contribution in [-0.4, -0.2) is 6.10 Å². The third-order valence-corrected chi connectivity index (χ3v) is 5.88. The van der Waals surface area contributed by atoms with Crippen LogP contribution < -0.4 is 4.74 Å². The first-order valence-electron chi connectivity index (χ1n) is 9.98. The molecule has 3 rings (SSSR count). The molecule has 138 valence electrons. The highest BCUT2D eigenvalue weighted by Gasteiger charge is 2.26. The van der Waals surface area contributed by atoms with Gasteiger partial charge in [0.2, 0.25) is 5.82 Å². The van der Waals surface area contributed by atoms with Gasteiger partial charge in [-0.3, -0.25) is 0 Å². The summed E-state index contributed by atoms with van der Waals surface area (Å²) < 4.78 is 34.5. The lowest BCUT2D eigenvalue weighted by Gasteiger charge is -2.27. The lowest BCUT2D eigenvalue weighted by molar-refractivity contribution is 0.159. The van der Waals surface area contributed by atoms with Crippen molar-refractivity contribution < 1.29 is 13.5 Å². The largest absolute Gasteiger partial charge is 0.487 e. The standard InChI is InChI=1S/C22H30F2O/c1-3-5-15-6-8-16(9-7-15)10-11-17-14-18-12-13-19(4-2)25-22(18)21(24)20(17)23/h10-11,14-16,19H,3-9,12-13H2,1-2H3. The molecule has 1 aliphatic carbocycles. The van der Waals surface area contributed by atoms with Crippen LogP contribution in [-0.2, 0) is 6.42 Å². The second kappa shape index (κ2) is 8.33. The third kappa shape index (κ3) is 4.24. The van der Waals surface area contributed by atoms with E-state index in [0.29, 0.717) is 11.5 Å². The molecule has 1 unspecified atom stereocenters. The maximum Gasteiger partial charge on any atom is 0.201 e. The van der Waals surface area contributed by atoms with Crippen LogP contribution in [0.2, 0.25) is 0 Å². The van der Waals surface area contributed by atoms with Crippen LogP contribution in [0.15, 0.2) is 12.1 Å². The van der Waals surface area contributed by atoms with Crippen LogP contribution in [0.5, 0.6) is 5.75 Å². The SMILES string of the molecule is CCCC1CCC(C=Cc2cc3c(c(F)c2F)OC(CC)CC3)CC1. The fourth-order valence-electron chi connectivity index (χ4n) is 4.27. The minimum atomic E-state index is -0.818. The smallest absolute Gasteiger partial charge is 0.201 e. The van der Waals surface area contributed by atoms with Crippen molar-refractivity contribution in [3.63, 3.8) is 0 Å². The molecule has 0 saturated heterocycles. The summed E-state index contributed by atoms with van der Waals surface area (Å²) in [4.78, 5) is 0. The van der Waals surface area contributed by atoms with Crippen molar-refractivity contribution in [3.8, 4) is 5.75 Å². The predicted octanol–water partition coefficient (Wildman–Crippen LogP) is 6.69. The van der Waals surface area contributed by atoms with Gasteiger partial charge in [-0.25, -0.2) is 4.39 Å². The van der Waals surface area contributed by atoms with E-state index in [4.69, 9.17) is 4.74 Å². The van der Waals surface area contributed by atoms with Gasteiger partial charge in [-0.15, -0.1) is 0 Å². The van der Waals surface area contributed by atoms with Gasteiger partial charge < -0.3 is 4.74 Å². The summed E-state index contributed by atoms with van der Waals surface area (Å²) in [6, 6.07) is 1.78. The second-order valence-corrected chi connectivity index (χ2v) is 7.70. The molecule has 0 amide bonds. The maximum absolute atomic E-state index is 14.4. The lowest BCUT2D eigenvalue weighted by Crippen LogP contribution is -2.23. The van der Waals surface area contributed by atoms with Crippen molar-refractivity contribution in [2.24, 2.45) is 11.8 Å². The van der Waals surface area contributed by atoms with Crippen molar-refractivity contribution in [2.75, 3.05) is 0 Å². The first-order chi connectivity index (χ1) is 12.1. The molecule has 1 aromatic carbocycles. The van der Waals surface area contributed by atoms with Crippen LogP contribution >= 0.6 is 0 Å². The molecule has 2 aliphatic rings. The van der Waals surface area contributed by atoms with Crippen LogP contribution in [0.4, 0.5) is 8.78 Å². The van der Waals surface area contributed by atoms with Crippen LogP contribution in [0.1, 0.15) is 76.3 Å². The highest BCUT2D eigenvalue weighted by Crippen LogP contribution is 2.36. The number of ether oxygens (including phenoxy) is 1. The van der Waals surface area contributed by atoms with Gasteiger partial charge in [0.15, 0.2) is 11.6 Å². The van der Waals surface area contributed by atoms with E-state index >= 15 is 0 Å². The van der Waals surface area contributed by atoms with Gasteiger partial charge >= 0.3 is 0 Å². The number of benzene rings is 1. The Bertz CT molecular complexity index is 615. The summed E-state index contributed by atoms with van der Waals surface area (Å²) >= 11 is 0. The Balaban J connectivity index is 1.70. The van der Waals surface area contributed by atoms with Crippen molar-refractivity contribution in [3.05, 3.63) is 34.9 Å². The Morgan fingerprint density at radius 3 is 2.52 bits per heavy atom. The van der Waals surface area contributed by atoms with E-state index in [0.717, 1.165) is 43.6 Å². The number of fused-ring (bicyclic) bond motifs is 1. The van der Waals surface area contributed by atoms with Gasteiger partial charge in [-0.2, -0.15) is 4.39 Å². The zero-order valence-electron chi connectivity index (χ0n) is 15.5. The molecular weight excluding hydrogens is 318 g/mol. The van der Waals surface area contributed by atoms with Crippen molar-refractivity contribution in [1.82, 2.24) is 0 Å². The zero-order chi connectivity index (χ0) is 17.8. The van der Waals surface area contributed by atoms with Crippen LogP contribution in [0.3, 0.4) is 0 Å². The molecule has 25 heavy (non-hydrogen) atoms. The normalized spacial score (nSPS) is 26.5. The Labute approximate surface area is 150 Å². The molecule has 0 N–H and O–H groups in total. The Kier molecular flexibility index (Phi) is 6.14. The van der Waals surface area contributed by atoms with Gasteiger partial charge in [-0.1, -0.05) is 38.8 Å². The van der Waals surface area contributed by atoms with E-state index in [-0.39, 0.29) is 11.9 Å². The van der Waals surface area contributed by atoms with Gasteiger partial charge in [-0.05, 0) is 68.4 Å². The summed E-state index contributed by atoms with van der Waals surface area (Å²) in [5.74, 6) is -0.107. The topological polar surface area (TPSA) is 9.23 Å². The van der Waals surface area contributed by atoms with E-state index in [2.05, 4.69) is 13.0 Å². The number of allylic oxidation sites excluding steroid dienone is 1. The van der Waals surface area contributed by atoms with Crippen LogP contribution in [0, 0.1) is 23.5 Å². The fraction of sp³-hybridized carbons (Fsp3) is 0.636. The van der Waals surface area contributed by atoms with E-state index in [1.165, 1.54) is 25.7 Å². The molecule has 0 aromatic heterocycles. The number of halogens is 2. The molecule has 1 aliphatic heterocycles. The number of hydrogen-bond acceptors (Lipinski definition) is 1. The average molecular weight is 348 g/mol. The molecule has 0 radical (unpaired) electrons. The monoisotopic (exact) mass is 348 g/mol. The first-order valence-corrected chi connectivity index (χ1v) is 9.98. The predicted molar refractivity (Wildman–Crippen MR) is 98.8 cm³/mol. The minimum absolute atomic E-state index is 0.00102. The van der Waals surface area contributed by atoms with Crippen molar-refractivity contribution in [2.45, 2.75) is 77.7 Å². The average Bonchev–Trinajstić information content (AvgIpc) is 2.64. The first kappa shape index (κ1) is 18.4. The second-order valence-electron chi connectivity index (χ2n) is 7.70. The molecule has 1 aromatic rings. The van der Waals surface area contributed by atoms with E-state index in [1.54, 1.807) is 12.1 Å². The maximum atomic E-state index is 14.4. The molecule has 0 spiro atoms. The molecule has 0 bridgehead atoms. The Morgan fingerprint density at radius 2 is 1.84 bits per heavy atom. The van der Waals surface area contributed by atoms with Gasteiger partial charge in [0.25, 0.3) is 0 Å². The van der Waals surface area contributed by atoms with Gasteiger partial charge in [0.1, 0.15) is 0 Å². The number of rotatable bonds is 5. The molecule has 3 heteroatoms. The van der Waals surface area contributed by atoms with Crippen molar-refractivity contribution >= 4 is 6.08 Å². The summed E-state index contributed by atoms with van der Waals surface area (Å²) in [5, 5.41) is 0. The zero-order valence-corrected chi connectivity index (χ0v) is 15.5. The summed E-state index contributed by atoms with van der Waals surface area (Å²) in [6.45, 7) is 4.25. The molecular formula is C22H30F2O. The molecule has 1 fully saturated rings. The Morgan fingerprint density at radius 1 is 1.08 bits per heavy atom. The summed E-state index contributed by atoms with van der Waals surface area (Å²) in [6.07, 6.45) is 13.8. The molecule has 1 saturated carbocycles. The van der Waals surface area contributed by atoms with E-state index < -0.39 is 11.6 Å². The molecule has 1 atom stereocenters. The van der Waals surface area contributed by atoms with Gasteiger partial charge in [0, 0.05) is 5.56 Å². The fourth-order valence-corrected chi connectivity index (χ4v) is 4.27. The van der Waals surface area contributed by atoms with Gasteiger partial charge in [0.05, 0.1) is 6.10 Å². The van der Waals surface area contributed by atoms with Crippen LogP contribution in [0.25, 0.3) is 6.08 Å². The highest BCUT2D eigenvalue weighted by atomic mass is 19.2. The quantitative estimate of drug-likeness (QED) is 0.576.